The minimum Gasteiger partial charge on any atom is -0.478 e. The number of rotatable bonds is 11. The third-order valence-electron chi connectivity index (χ3n) is 21.1. The van der Waals surface area contributed by atoms with Crippen molar-refractivity contribution in [3.63, 3.8) is 0 Å². The summed E-state index contributed by atoms with van der Waals surface area (Å²) in [6, 6.07) is 34.5. The Morgan fingerprint density at radius 2 is 0.778 bits per heavy atom. The van der Waals surface area contributed by atoms with Crippen LogP contribution in [0.2, 0.25) is 0 Å². The largest absolute Gasteiger partial charge is 0.478 e. The highest BCUT2D eigenvalue weighted by Crippen LogP contribution is 2.30. The van der Waals surface area contributed by atoms with E-state index in [1.165, 1.54) is 39.6 Å². The summed E-state index contributed by atoms with van der Waals surface area (Å²) in [4.78, 5) is 132. The number of amides is 5. The average Bonchev–Trinajstić information content (AvgIpc) is 1.57. The van der Waals surface area contributed by atoms with E-state index in [0.717, 1.165) is 160 Å². The fourth-order valence-corrected chi connectivity index (χ4v) is 16.5. The summed E-state index contributed by atoms with van der Waals surface area (Å²) < 4.78 is 1.66. The number of aromatic carboxylic acids is 2. The van der Waals surface area contributed by atoms with Gasteiger partial charge in [-0.25, -0.2) is 24.5 Å². The Bertz CT molecular complexity index is 5080. The molecule has 5 aromatic carbocycles. The number of carboxylic acid groups (broad SMARTS) is 2. The monoisotopic (exact) mass is 1510 g/mol. The number of piperazine rings is 3. The van der Waals surface area contributed by atoms with E-state index in [4.69, 9.17) is 10.2 Å². The fourth-order valence-electron chi connectivity index (χ4n) is 14.7. The number of thiazole rings is 3. The van der Waals surface area contributed by atoms with Crippen LogP contribution in [0.25, 0.3) is 32.7 Å². The molecule has 30 heteroatoms. The van der Waals surface area contributed by atoms with Crippen LogP contribution in [0, 0.1) is 0 Å². The minimum atomic E-state index is -0.891. The van der Waals surface area contributed by atoms with E-state index in [0.29, 0.717) is 94.7 Å². The van der Waals surface area contributed by atoms with Gasteiger partial charge in [0.05, 0.1) is 16.6 Å². The Morgan fingerprint density at radius 1 is 0.389 bits per heavy atom. The van der Waals surface area contributed by atoms with Crippen molar-refractivity contribution in [1.29, 1.82) is 0 Å². The van der Waals surface area contributed by atoms with Crippen LogP contribution in [0.5, 0.6) is 0 Å². The van der Waals surface area contributed by atoms with Crippen molar-refractivity contribution >= 4 is 125 Å². The van der Waals surface area contributed by atoms with Gasteiger partial charge >= 0.3 is 11.9 Å². The molecule has 0 unspecified atom stereocenters. The van der Waals surface area contributed by atoms with Crippen LogP contribution in [0.3, 0.4) is 0 Å². The molecular weight excluding hydrogens is 1430 g/mol. The maximum absolute atomic E-state index is 13.2. The van der Waals surface area contributed by atoms with Gasteiger partial charge in [-0.15, -0.1) is 34.0 Å². The summed E-state index contributed by atoms with van der Waals surface area (Å²) in [5.41, 5.74) is 9.97. The van der Waals surface area contributed by atoms with E-state index in [1.807, 2.05) is 126 Å². The molecule has 108 heavy (non-hydrogen) atoms. The van der Waals surface area contributed by atoms with E-state index in [2.05, 4.69) is 55.6 Å². The van der Waals surface area contributed by atoms with Crippen LogP contribution in [-0.4, -0.2) is 275 Å². The van der Waals surface area contributed by atoms with Gasteiger partial charge in [-0.1, -0.05) is 0 Å². The average molecular weight is 1510 g/mol. The number of fused-ring (bicyclic) bond motifs is 5. The number of carbonyl (C=O) groups is 8. The molecule has 6 aromatic heterocycles. The molecule has 556 valence electrons. The van der Waals surface area contributed by atoms with Gasteiger partial charge in [-0.2, -0.15) is 0 Å². The number of aromatic nitrogens is 6. The molecule has 11 aromatic rings. The van der Waals surface area contributed by atoms with Crippen molar-refractivity contribution in [3.8, 4) is 0 Å². The third-order valence-corrected chi connectivity index (χ3v) is 23.4. The molecule has 8 aliphatic rings. The topological polar surface area (TPSA) is 314 Å². The number of hydrogen-bond acceptors (Lipinski definition) is 20. The number of carboxylic acids is 2. The molecule has 0 atom stereocenters. The Hall–Kier alpha value is -11.0. The first-order chi connectivity index (χ1) is 52.6. The number of anilines is 2. The Kier molecular flexibility index (Phi) is 21.9. The van der Waals surface area contributed by atoms with Crippen LogP contribution < -0.4 is 16.0 Å². The number of H-pyrrole nitrogens is 2. The molecule has 0 aliphatic carbocycles. The highest BCUT2D eigenvalue weighted by atomic mass is 32.1. The van der Waals surface area contributed by atoms with E-state index in [9.17, 15) is 38.4 Å². The van der Waals surface area contributed by atoms with Gasteiger partial charge < -0.3 is 60.6 Å². The maximum Gasteiger partial charge on any atom is 0.335 e. The highest BCUT2D eigenvalue weighted by Gasteiger charge is 2.40. The van der Waals surface area contributed by atoms with Gasteiger partial charge in [0.1, 0.15) is 0 Å². The summed E-state index contributed by atoms with van der Waals surface area (Å²) in [5.74, 6) is -1.59. The number of carbonyl (C=O) groups excluding carboxylic acids is 6. The lowest BCUT2D eigenvalue weighted by atomic mass is 10.0. The van der Waals surface area contributed by atoms with Crippen molar-refractivity contribution in [2.45, 2.75) is 31.0 Å². The van der Waals surface area contributed by atoms with Gasteiger partial charge in [-0.3, -0.25) is 48.0 Å². The summed E-state index contributed by atoms with van der Waals surface area (Å²) in [5, 5.41) is 37.2. The molecule has 14 heterocycles. The van der Waals surface area contributed by atoms with Crippen molar-refractivity contribution in [2.75, 3.05) is 142 Å². The number of nitrogens with zero attached hydrogens (tertiary/aromatic N) is 12. The van der Waals surface area contributed by atoms with Crippen LogP contribution in [0.4, 0.5) is 11.4 Å². The maximum atomic E-state index is 13.2. The smallest absolute Gasteiger partial charge is 0.335 e. The van der Waals surface area contributed by atoms with Crippen molar-refractivity contribution in [2.24, 2.45) is 0 Å². The molecule has 8 aliphatic heterocycles. The first-order valence-corrected chi connectivity index (χ1v) is 38.8. The van der Waals surface area contributed by atoms with E-state index in [-0.39, 0.29) is 35.4 Å². The minimum absolute atomic E-state index is 0.00515. The summed E-state index contributed by atoms with van der Waals surface area (Å²) in [6.45, 7) is 16.6. The van der Waals surface area contributed by atoms with Crippen molar-refractivity contribution in [3.05, 3.63) is 216 Å². The van der Waals surface area contributed by atoms with Gasteiger partial charge in [0, 0.05) is 258 Å². The number of likely N-dealkylation sites (tertiary alicyclic amines) is 2. The second-order valence-corrected chi connectivity index (χ2v) is 30.3. The normalized spacial score (nSPS) is 17.4. The van der Waals surface area contributed by atoms with E-state index < -0.39 is 11.9 Å². The van der Waals surface area contributed by atoms with E-state index in [1.54, 1.807) is 65.9 Å². The molecule has 19 rings (SSSR count). The van der Waals surface area contributed by atoms with Crippen LogP contribution in [-0.2, 0) is 12.8 Å². The lowest BCUT2D eigenvalue weighted by Gasteiger charge is -2.48. The second kappa shape index (κ2) is 32.6. The fraction of sp³-hybridized carbons (Fsp3) is 0.321. The summed E-state index contributed by atoms with van der Waals surface area (Å²) >= 11 is 4.18. The second-order valence-electron chi connectivity index (χ2n) is 27.6. The SMILES string of the molecule is O=C(O)c1ccc2[nH]ccc2c1.O=C(O)c1ccc2c(c1)CCN2.O=C(c1ccc2[nH]ccc2c1)N1CC(N2CCN(C(=O)c3nccs3)CC2)C1.O=C(c1ccc2c(ccn2C(=O)c2ccc3c(c2)CCN3)c1)N1CC(N2CCN(C(=O)c3nccs3)CC2)C1.O=C(c1nccs1)N1CCN(C2CNC2)CC1. The first kappa shape index (κ1) is 72.6. The van der Waals surface area contributed by atoms with Gasteiger partial charge in [0.25, 0.3) is 35.4 Å². The number of nitrogens with one attached hydrogen (secondary N) is 5. The standard InChI is InChI=1S/C29H28N6O3S.C20H21N5O2S.C11H16N4OS.C9H9NO2.C9H7NO2/c36-27(34-17-23(18-34)32-10-12-33(13-11-32)29(38)26-31-8-14-39-26)21-2-4-25-20(16-21)6-9-35(25)28(37)22-1-3-24-19(15-22)5-7-30-24;26-19(15-1-2-17-14(11-15)3-4-21-17)25-12-16(13-25)23-6-8-24(9-7-23)20(27)18-22-5-10-28-18;16-11(10-13-1-6-17-10)15-4-2-14(3-5-15)9-7-12-8-9;2*11-9(12)7-1-2-8-6(5-7)3-4-10-8/h1-4,6,8-9,14-16,23,30H,5,7,10-13,17-18H2;1-5,10-11,16,21H,6-9,12-13H2;1,6,9,12H,2-5,7-8H2;1-2,5,10H,3-4H2,(H,11,12);1-5,10H,(H,11,12). The zero-order valence-electron chi connectivity index (χ0n) is 59.1. The quantitative estimate of drug-likeness (QED) is 0.0644. The Morgan fingerprint density at radius 3 is 1.21 bits per heavy atom. The molecule has 5 amide bonds. The zero-order chi connectivity index (χ0) is 74.4. The zero-order valence-corrected chi connectivity index (χ0v) is 61.6. The lowest BCUT2D eigenvalue weighted by Crippen LogP contribution is -2.64. The molecule has 7 N–H and O–H groups in total. The van der Waals surface area contributed by atoms with Crippen LogP contribution >= 0.6 is 34.0 Å². The Labute approximate surface area is 633 Å². The number of aromatic amines is 2. The van der Waals surface area contributed by atoms with Gasteiger partial charge in [0.2, 0.25) is 0 Å². The number of benzene rings is 5. The summed E-state index contributed by atoms with van der Waals surface area (Å²) in [6.07, 6.45) is 12.3. The molecule has 6 saturated heterocycles. The van der Waals surface area contributed by atoms with Crippen molar-refractivity contribution in [1.82, 2.24) is 74.0 Å². The lowest BCUT2D eigenvalue weighted by molar-refractivity contribution is 0.00807. The van der Waals surface area contributed by atoms with Crippen LogP contribution in [0.15, 0.2) is 163 Å². The number of hydrogen-bond donors (Lipinski definition) is 7. The molecule has 0 spiro atoms. The predicted molar refractivity (Wildman–Crippen MR) is 414 cm³/mol. The van der Waals surface area contributed by atoms with Gasteiger partial charge in [-0.05, 0) is 133 Å². The van der Waals surface area contributed by atoms with Crippen molar-refractivity contribution < 1.29 is 48.6 Å². The first-order valence-electron chi connectivity index (χ1n) is 36.2. The van der Waals surface area contributed by atoms with Gasteiger partial charge in [0.15, 0.2) is 15.0 Å². The molecule has 0 radical (unpaired) electrons. The molecule has 0 bridgehead atoms. The van der Waals surface area contributed by atoms with E-state index >= 15 is 0 Å². The third kappa shape index (κ3) is 16.2. The summed E-state index contributed by atoms with van der Waals surface area (Å²) in [7, 11) is 0. The Balaban J connectivity index is 0.000000117. The molecular formula is C78H81N17O10S3. The van der Waals surface area contributed by atoms with Crippen LogP contribution in [0.1, 0.15) is 92.3 Å². The molecule has 6 fully saturated rings. The molecule has 27 nitrogen and oxygen atoms in total. The molecule has 0 saturated carbocycles. The predicted octanol–water partition coefficient (Wildman–Crippen LogP) is 8.04. The highest BCUT2D eigenvalue weighted by molar-refractivity contribution is 7.12.